The minimum atomic E-state index is 0.362. The molecule has 1 saturated carbocycles. The van der Waals surface area contributed by atoms with Crippen molar-refractivity contribution in [1.82, 2.24) is 5.32 Å². The van der Waals surface area contributed by atoms with E-state index in [1.165, 1.54) is 37.7 Å². The quantitative estimate of drug-likeness (QED) is 0.867. The molecule has 1 aromatic carbocycles. The Kier molecular flexibility index (Phi) is 4.91. The van der Waals surface area contributed by atoms with E-state index in [-0.39, 0.29) is 0 Å². The van der Waals surface area contributed by atoms with Crippen molar-refractivity contribution >= 4 is 15.9 Å². The number of hydrogen-bond acceptors (Lipinski definition) is 2. The van der Waals surface area contributed by atoms with Crippen molar-refractivity contribution in [3.63, 3.8) is 0 Å². The first-order valence-corrected chi connectivity index (χ1v) is 7.91. The standard InChI is InChI=1S/C16H24BrNO/c1-16(9-5-4-6-10-16)15(18-2)12-7-8-14(19-3)13(17)11-12/h7-8,11,15,18H,4-6,9-10H2,1-3H3. The van der Waals surface area contributed by atoms with Crippen LogP contribution in [0.2, 0.25) is 0 Å². The summed E-state index contributed by atoms with van der Waals surface area (Å²) in [7, 11) is 3.78. The third-order valence-electron chi connectivity index (χ3n) is 4.49. The van der Waals surface area contributed by atoms with Gasteiger partial charge in [-0.3, -0.25) is 0 Å². The first kappa shape index (κ1) is 14.9. The number of hydrogen-bond donors (Lipinski definition) is 1. The van der Waals surface area contributed by atoms with E-state index in [0.717, 1.165) is 10.2 Å². The van der Waals surface area contributed by atoms with Crippen LogP contribution in [0, 0.1) is 5.41 Å². The van der Waals surface area contributed by atoms with Crippen LogP contribution in [0.4, 0.5) is 0 Å². The minimum absolute atomic E-state index is 0.362. The lowest BCUT2D eigenvalue weighted by Crippen LogP contribution is -2.36. The SMILES string of the molecule is CNC(c1ccc(OC)c(Br)c1)C1(C)CCCCC1. The van der Waals surface area contributed by atoms with Gasteiger partial charge in [0.2, 0.25) is 0 Å². The second-order valence-electron chi connectivity index (χ2n) is 5.83. The molecule has 2 nitrogen and oxygen atoms in total. The Hall–Kier alpha value is -0.540. The smallest absolute Gasteiger partial charge is 0.133 e. The number of rotatable bonds is 4. The molecule has 0 bridgehead atoms. The van der Waals surface area contributed by atoms with Gasteiger partial charge < -0.3 is 10.1 Å². The third kappa shape index (κ3) is 3.14. The van der Waals surface area contributed by atoms with Crippen LogP contribution >= 0.6 is 15.9 Å². The Morgan fingerprint density at radius 2 is 1.95 bits per heavy atom. The zero-order chi connectivity index (χ0) is 13.9. The van der Waals surface area contributed by atoms with Crippen LogP contribution in [0.5, 0.6) is 5.75 Å². The Morgan fingerprint density at radius 3 is 2.47 bits per heavy atom. The summed E-state index contributed by atoms with van der Waals surface area (Å²) in [6, 6.07) is 6.84. The molecule has 1 aliphatic carbocycles. The fourth-order valence-corrected chi connectivity index (χ4v) is 3.99. The Bertz CT molecular complexity index is 427. The largest absolute Gasteiger partial charge is 0.496 e. The summed E-state index contributed by atoms with van der Waals surface area (Å²) in [6.45, 7) is 2.42. The lowest BCUT2D eigenvalue weighted by molar-refractivity contribution is 0.150. The van der Waals surface area contributed by atoms with Gasteiger partial charge in [-0.05, 0) is 58.9 Å². The predicted molar refractivity (Wildman–Crippen MR) is 83.7 cm³/mol. The molecule has 1 atom stereocenters. The fraction of sp³-hybridized carbons (Fsp3) is 0.625. The highest BCUT2D eigenvalue weighted by Gasteiger charge is 2.35. The Balaban J connectivity index is 2.28. The van der Waals surface area contributed by atoms with Crippen molar-refractivity contribution < 1.29 is 4.74 Å². The van der Waals surface area contributed by atoms with E-state index in [1.807, 2.05) is 0 Å². The van der Waals surface area contributed by atoms with Crippen molar-refractivity contribution in [2.75, 3.05) is 14.2 Å². The van der Waals surface area contributed by atoms with Crippen molar-refractivity contribution in [3.05, 3.63) is 28.2 Å². The molecule has 0 saturated heterocycles. The molecule has 0 spiro atoms. The molecular weight excluding hydrogens is 302 g/mol. The van der Waals surface area contributed by atoms with Gasteiger partial charge in [0.25, 0.3) is 0 Å². The highest BCUT2D eigenvalue weighted by molar-refractivity contribution is 9.10. The monoisotopic (exact) mass is 325 g/mol. The summed E-state index contributed by atoms with van der Waals surface area (Å²) >= 11 is 3.59. The maximum atomic E-state index is 5.32. The Morgan fingerprint density at radius 1 is 1.26 bits per heavy atom. The van der Waals surface area contributed by atoms with Crippen LogP contribution in [0.25, 0.3) is 0 Å². The molecule has 1 fully saturated rings. The van der Waals surface area contributed by atoms with E-state index in [4.69, 9.17) is 4.74 Å². The molecule has 0 aliphatic heterocycles. The number of methoxy groups -OCH3 is 1. The lowest BCUT2D eigenvalue weighted by Gasteiger charge is -2.41. The summed E-state index contributed by atoms with van der Waals surface area (Å²) < 4.78 is 6.35. The van der Waals surface area contributed by atoms with Gasteiger partial charge >= 0.3 is 0 Å². The van der Waals surface area contributed by atoms with Crippen LogP contribution in [0.1, 0.15) is 50.6 Å². The maximum absolute atomic E-state index is 5.32. The predicted octanol–water partition coefficient (Wildman–Crippen LogP) is 4.69. The molecule has 1 unspecified atom stereocenters. The highest BCUT2D eigenvalue weighted by atomic mass is 79.9. The van der Waals surface area contributed by atoms with E-state index in [2.05, 4.69) is 53.4 Å². The van der Waals surface area contributed by atoms with Gasteiger partial charge in [-0.1, -0.05) is 32.3 Å². The lowest BCUT2D eigenvalue weighted by atomic mass is 9.68. The van der Waals surface area contributed by atoms with Crippen molar-refractivity contribution in [1.29, 1.82) is 0 Å². The van der Waals surface area contributed by atoms with Crippen LogP contribution < -0.4 is 10.1 Å². The van der Waals surface area contributed by atoms with Crippen molar-refractivity contribution in [2.24, 2.45) is 5.41 Å². The molecule has 106 valence electrons. The normalized spacial score (nSPS) is 20.0. The minimum Gasteiger partial charge on any atom is -0.496 e. The first-order chi connectivity index (χ1) is 9.10. The van der Waals surface area contributed by atoms with Crippen molar-refractivity contribution in [3.8, 4) is 5.75 Å². The molecule has 2 rings (SSSR count). The molecular formula is C16H24BrNO. The highest BCUT2D eigenvalue weighted by Crippen LogP contribution is 2.46. The van der Waals surface area contributed by atoms with Crippen LogP contribution in [0.3, 0.4) is 0 Å². The molecule has 19 heavy (non-hydrogen) atoms. The van der Waals surface area contributed by atoms with Crippen LogP contribution in [0.15, 0.2) is 22.7 Å². The van der Waals surface area contributed by atoms with Crippen LogP contribution in [-0.4, -0.2) is 14.2 Å². The van der Waals surface area contributed by atoms with Gasteiger partial charge in [0.1, 0.15) is 5.75 Å². The number of halogens is 1. The molecule has 3 heteroatoms. The summed E-state index contributed by atoms with van der Waals surface area (Å²) in [5, 5.41) is 3.53. The molecule has 1 aliphatic rings. The van der Waals surface area contributed by atoms with Gasteiger partial charge in [-0.25, -0.2) is 0 Å². The van der Waals surface area contributed by atoms with Crippen molar-refractivity contribution in [2.45, 2.75) is 45.1 Å². The van der Waals surface area contributed by atoms with Crippen LogP contribution in [-0.2, 0) is 0 Å². The second kappa shape index (κ2) is 6.27. The first-order valence-electron chi connectivity index (χ1n) is 7.11. The van der Waals surface area contributed by atoms with Gasteiger partial charge in [-0.2, -0.15) is 0 Å². The van der Waals surface area contributed by atoms with Gasteiger partial charge in [0.15, 0.2) is 0 Å². The molecule has 0 amide bonds. The van der Waals surface area contributed by atoms with E-state index in [0.29, 0.717) is 11.5 Å². The molecule has 0 aromatic heterocycles. The zero-order valence-corrected chi connectivity index (χ0v) is 13.7. The molecule has 0 heterocycles. The van der Waals surface area contributed by atoms with Gasteiger partial charge in [0, 0.05) is 6.04 Å². The van der Waals surface area contributed by atoms with E-state index in [9.17, 15) is 0 Å². The summed E-state index contributed by atoms with van der Waals surface area (Å²) in [4.78, 5) is 0. The summed E-state index contributed by atoms with van der Waals surface area (Å²) in [5.74, 6) is 0.896. The summed E-state index contributed by atoms with van der Waals surface area (Å²) in [6.07, 6.45) is 6.71. The molecule has 1 aromatic rings. The fourth-order valence-electron chi connectivity index (χ4n) is 3.43. The topological polar surface area (TPSA) is 21.3 Å². The zero-order valence-electron chi connectivity index (χ0n) is 12.1. The summed E-state index contributed by atoms with van der Waals surface area (Å²) in [5.41, 5.74) is 1.71. The Labute approximate surface area is 125 Å². The van der Waals surface area contributed by atoms with E-state index < -0.39 is 0 Å². The number of nitrogens with one attached hydrogen (secondary N) is 1. The van der Waals surface area contributed by atoms with Gasteiger partial charge in [0.05, 0.1) is 11.6 Å². The third-order valence-corrected chi connectivity index (χ3v) is 5.11. The second-order valence-corrected chi connectivity index (χ2v) is 6.68. The maximum Gasteiger partial charge on any atom is 0.133 e. The average molecular weight is 326 g/mol. The average Bonchev–Trinajstić information content (AvgIpc) is 2.40. The number of ether oxygens (including phenoxy) is 1. The number of benzene rings is 1. The molecule has 0 radical (unpaired) electrons. The van der Waals surface area contributed by atoms with E-state index in [1.54, 1.807) is 7.11 Å². The van der Waals surface area contributed by atoms with Gasteiger partial charge in [-0.15, -0.1) is 0 Å². The van der Waals surface area contributed by atoms with E-state index >= 15 is 0 Å². The molecule has 1 N–H and O–H groups in total.